The summed E-state index contributed by atoms with van der Waals surface area (Å²) in [4.78, 5) is 32.6. The Kier molecular flexibility index (Phi) is 3.42. The first kappa shape index (κ1) is 13.6. The van der Waals surface area contributed by atoms with Gasteiger partial charge in [-0.1, -0.05) is 0 Å². The molecule has 0 spiro atoms. The van der Waals surface area contributed by atoms with E-state index in [-0.39, 0.29) is 24.0 Å². The maximum Gasteiger partial charge on any atom is 0.315 e. The second-order valence-corrected chi connectivity index (χ2v) is 4.03. The molecule has 2 N–H and O–H groups in total. The van der Waals surface area contributed by atoms with Crippen molar-refractivity contribution in [1.82, 2.24) is 0 Å². The molecular weight excluding hydrogens is 272 g/mol. The summed E-state index contributed by atoms with van der Waals surface area (Å²) < 4.78 is 10.1. The maximum atomic E-state index is 11.6. The number of nitro groups is 1. The Balaban J connectivity index is 2.33. The molecule has 0 saturated heterocycles. The van der Waals surface area contributed by atoms with Gasteiger partial charge in [-0.3, -0.25) is 19.7 Å². The third-order valence-corrected chi connectivity index (χ3v) is 2.71. The Labute approximate surface area is 112 Å². The Morgan fingerprint density at radius 2 is 2.00 bits per heavy atom. The summed E-state index contributed by atoms with van der Waals surface area (Å²) >= 11 is 0. The first-order chi connectivity index (χ1) is 9.40. The van der Waals surface area contributed by atoms with Crippen molar-refractivity contribution in [3.05, 3.63) is 22.2 Å². The summed E-state index contributed by atoms with van der Waals surface area (Å²) in [5, 5.41) is 21.9. The van der Waals surface area contributed by atoms with Crippen LogP contribution in [-0.2, 0) is 9.59 Å². The molecule has 0 fully saturated rings. The SMILES string of the molecule is CC(C(=O)O)C(=O)Nc1cc2c(cc1[N+](=O)[O-])OCO2. The van der Waals surface area contributed by atoms with E-state index in [2.05, 4.69) is 5.32 Å². The molecule has 9 heteroatoms. The summed E-state index contributed by atoms with van der Waals surface area (Å²) in [6.45, 7) is 1.10. The third-order valence-electron chi connectivity index (χ3n) is 2.71. The normalized spacial score (nSPS) is 13.7. The molecule has 0 aliphatic carbocycles. The molecule has 0 bridgehead atoms. The number of rotatable bonds is 4. The van der Waals surface area contributed by atoms with E-state index in [4.69, 9.17) is 14.6 Å². The van der Waals surface area contributed by atoms with Crippen molar-refractivity contribution in [1.29, 1.82) is 0 Å². The number of carboxylic acid groups (broad SMARTS) is 1. The number of hydrogen-bond donors (Lipinski definition) is 2. The zero-order chi connectivity index (χ0) is 14.9. The molecule has 1 heterocycles. The largest absolute Gasteiger partial charge is 0.481 e. The summed E-state index contributed by atoms with van der Waals surface area (Å²) in [5.41, 5.74) is -0.544. The number of nitrogens with one attached hydrogen (secondary N) is 1. The standard InChI is InChI=1S/C11H10N2O7/c1-5(11(15)16)10(14)12-6-2-8-9(20-4-19-8)3-7(6)13(17)18/h2-3,5H,4H2,1H3,(H,12,14)(H,15,16). The molecule has 0 saturated carbocycles. The number of carbonyl (C=O) groups excluding carboxylic acids is 1. The van der Waals surface area contributed by atoms with Gasteiger partial charge in [-0.25, -0.2) is 0 Å². The van der Waals surface area contributed by atoms with Crippen LogP contribution in [0.5, 0.6) is 11.5 Å². The lowest BCUT2D eigenvalue weighted by Gasteiger charge is -2.09. The van der Waals surface area contributed by atoms with Crippen molar-refractivity contribution in [3.63, 3.8) is 0 Å². The molecule has 2 rings (SSSR count). The van der Waals surface area contributed by atoms with Crippen LogP contribution in [0.15, 0.2) is 12.1 Å². The van der Waals surface area contributed by atoms with E-state index in [0.29, 0.717) is 0 Å². The lowest BCUT2D eigenvalue weighted by Crippen LogP contribution is -2.27. The molecule has 1 unspecified atom stereocenters. The number of ether oxygens (including phenoxy) is 2. The fraction of sp³-hybridized carbons (Fsp3) is 0.273. The van der Waals surface area contributed by atoms with Crippen molar-refractivity contribution in [3.8, 4) is 11.5 Å². The van der Waals surface area contributed by atoms with Gasteiger partial charge >= 0.3 is 5.97 Å². The van der Waals surface area contributed by atoms with Crippen molar-refractivity contribution >= 4 is 23.3 Å². The molecule has 1 aromatic carbocycles. The van der Waals surface area contributed by atoms with Crippen LogP contribution in [0, 0.1) is 16.0 Å². The van der Waals surface area contributed by atoms with Crippen LogP contribution in [0.25, 0.3) is 0 Å². The van der Waals surface area contributed by atoms with Gasteiger partial charge in [0.25, 0.3) is 5.69 Å². The van der Waals surface area contributed by atoms with E-state index in [0.717, 1.165) is 6.07 Å². The van der Waals surface area contributed by atoms with E-state index >= 15 is 0 Å². The zero-order valence-corrected chi connectivity index (χ0v) is 10.3. The molecule has 106 valence electrons. The first-order valence-electron chi connectivity index (χ1n) is 5.52. The van der Waals surface area contributed by atoms with Gasteiger partial charge in [0.2, 0.25) is 12.7 Å². The second-order valence-electron chi connectivity index (χ2n) is 4.03. The minimum atomic E-state index is -1.33. The molecule has 1 aliphatic rings. The fourth-order valence-electron chi connectivity index (χ4n) is 1.54. The molecule has 1 atom stereocenters. The number of fused-ring (bicyclic) bond motifs is 1. The van der Waals surface area contributed by atoms with E-state index in [1.807, 2.05) is 0 Å². The summed E-state index contributed by atoms with van der Waals surface area (Å²) in [7, 11) is 0. The van der Waals surface area contributed by atoms with Gasteiger partial charge in [0.1, 0.15) is 11.6 Å². The van der Waals surface area contributed by atoms with E-state index in [1.54, 1.807) is 0 Å². The van der Waals surface area contributed by atoms with E-state index < -0.39 is 28.4 Å². The second kappa shape index (κ2) is 5.03. The Morgan fingerprint density at radius 3 is 2.55 bits per heavy atom. The molecular formula is C11H10N2O7. The third kappa shape index (κ3) is 2.46. The van der Waals surface area contributed by atoms with Gasteiger partial charge in [-0.2, -0.15) is 0 Å². The smallest absolute Gasteiger partial charge is 0.315 e. The monoisotopic (exact) mass is 282 g/mol. The average molecular weight is 282 g/mol. The zero-order valence-electron chi connectivity index (χ0n) is 10.3. The van der Waals surface area contributed by atoms with Gasteiger partial charge in [-0.05, 0) is 6.92 Å². The van der Waals surface area contributed by atoms with Crippen molar-refractivity contribution in [2.24, 2.45) is 5.92 Å². The number of carboxylic acids is 1. The molecule has 20 heavy (non-hydrogen) atoms. The van der Waals surface area contributed by atoms with E-state index in [1.165, 1.54) is 13.0 Å². The van der Waals surface area contributed by atoms with E-state index in [9.17, 15) is 19.7 Å². The number of benzene rings is 1. The van der Waals surface area contributed by atoms with Gasteiger partial charge in [-0.15, -0.1) is 0 Å². The molecule has 0 aromatic heterocycles. The lowest BCUT2D eigenvalue weighted by molar-refractivity contribution is -0.384. The van der Waals surface area contributed by atoms with Gasteiger partial charge < -0.3 is 19.9 Å². The van der Waals surface area contributed by atoms with Crippen LogP contribution in [-0.4, -0.2) is 28.7 Å². The number of amides is 1. The number of nitro benzene ring substituents is 1. The molecule has 1 aromatic rings. The molecule has 0 radical (unpaired) electrons. The van der Waals surface area contributed by atoms with Gasteiger partial charge in [0, 0.05) is 6.07 Å². The number of aliphatic carboxylic acids is 1. The summed E-state index contributed by atoms with van der Waals surface area (Å²) in [5.74, 6) is -3.08. The molecule has 1 amide bonds. The number of anilines is 1. The average Bonchev–Trinajstić information content (AvgIpc) is 2.83. The van der Waals surface area contributed by atoms with Crippen LogP contribution in [0.3, 0.4) is 0 Å². The maximum absolute atomic E-state index is 11.6. The van der Waals surface area contributed by atoms with Gasteiger partial charge in [0.15, 0.2) is 11.5 Å². The van der Waals surface area contributed by atoms with Crippen LogP contribution in [0.2, 0.25) is 0 Å². The number of hydrogen-bond acceptors (Lipinski definition) is 6. The highest BCUT2D eigenvalue weighted by Crippen LogP contribution is 2.40. The van der Waals surface area contributed by atoms with Crippen LogP contribution < -0.4 is 14.8 Å². The van der Waals surface area contributed by atoms with Crippen LogP contribution in [0.4, 0.5) is 11.4 Å². The summed E-state index contributed by atoms with van der Waals surface area (Å²) in [6, 6.07) is 2.34. The first-order valence-corrected chi connectivity index (χ1v) is 5.52. The predicted molar refractivity (Wildman–Crippen MR) is 64.6 cm³/mol. The highest BCUT2D eigenvalue weighted by Gasteiger charge is 2.27. The predicted octanol–water partition coefficient (Wildman–Crippen LogP) is 0.983. The highest BCUT2D eigenvalue weighted by atomic mass is 16.7. The minimum Gasteiger partial charge on any atom is -0.481 e. The van der Waals surface area contributed by atoms with Crippen LogP contribution in [0.1, 0.15) is 6.92 Å². The number of carbonyl (C=O) groups is 2. The highest BCUT2D eigenvalue weighted by molar-refractivity contribution is 6.05. The van der Waals surface area contributed by atoms with Gasteiger partial charge in [0.05, 0.1) is 11.0 Å². The summed E-state index contributed by atoms with van der Waals surface area (Å²) in [6.07, 6.45) is 0. The Bertz CT molecular complexity index is 599. The lowest BCUT2D eigenvalue weighted by atomic mass is 10.1. The topological polar surface area (TPSA) is 128 Å². The molecule has 1 aliphatic heterocycles. The van der Waals surface area contributed by atoms with Crippen LogP contribution >= 0.6 is 0 Å². The quantitative estimate of drug-likeness (QED) is 0.478. The fourth-order valence-corrected chi connectivity index (χ4v) is 1.54. The Hall–Kier alpha value is -2.84. The van der Waals surface area contributed by atoms with Crippen molar-refractivity contribution < 1.29 is 29.1 Å². The number of nitrogens with zero attached hydrogens (tertiary/aromatic N) is 1. The minimum absolute atomic E-state index is 0.0740. The Morgan fingerprint density at radius 1 is 1.40 bits per heavy atom. The van der Waals surface area contributed by atoms with Crippen molar-refractivity contribution in [2.45, 2.75) is 6.92 Å². The van der Waals surface area contributed by atoms with Crippen molar-refractivity contribution in [2.75, 3.05) is 12.1 Å². The molecule has 9 nitrogen and oxygen atoms in total.